The molecule has 6 nitrogen and oxygen atoms in total. The first kappa shape index (κ1) is 14.6. The molecule has 6 heteroatoms. The van der Waals surface area contributed by atoms with Crippen molar-refractivity contribution in [2.75, 3.05) is 20.1 Å². The zero-order valence-corrected chi connectivity index (χ0v) is 12.0. The van der Waals surface area contributed by atoms with E-state index in [0.29, 0.717) is 12.3 Å². The molecule has 1 saturated heterocycles. The minimum absolute atomic E-state index is 0.0397. The molecule has 0 spiro atoms. The van der Waals surface area contributed by atoms with Gasteiger partial charge in [-0.1, -0.05) is 0 Å². The number of hydrogen-bond donors (Lipinski definition) is 2. The van der Waals surface area contributed by atoms with Gasteiger partial charge in [-0.15, -0.1) is 0 Å². The van der Waals surface area contributed by atoms with Crippen LogP contribution in [0.15, 0.2) is 16.5 Å². The Morgan fingerprint density at radius 1 is 1.50 bits per heavy atom. The molecule has 0 aliphatic carbocycles. The van der Waals surface area contributed by atoms with Gasteiger partial charge in [0.15, 0.2) is 0 Å². The molecule has 2 atom stereocenters. The summed E-state index contributed by atoms with van der Waals surface area (Å²) in [4.78, 5) is 24.9. The highest BCUT2D eigenvalue weighted by molar-refractivity contribution is 5.84. The number of carboxylic acid groups (broad SMARTS) is 1. The Labute approximate surface area is 117 Å². The van der Waals surface area contributed by atoms with Crippen LogP contribution in [0.5, 0.6) is 0 Å². The van der Waals surface area contributed by atoms with Gasteiger partial charge < -0.3 is 14.8 Å². The van der Waals surface area contributed by atoms with E-state index in [1.165, 1.54) is 6.07 Å². The van der Waals surface area contributed by atoms with E-state index in [2.05, 4.69) is 10.2 Å². The number of carboxylic acids is 1. The Balaban J connectivity index is 2.09. The molecule has 0 saturated carbocycles. The maximum Gasteiger partial charge on any atom is 0.371 e. The predicted molar refractivity (Wildman–Crippen MR) is 72.4 cm³/mol. The van der Waals surface area contributed by atoms with Crippen LogP contribution in [0.3, 0.4) is 0 Å². The first-order chi connectivity index (χ1) is 9.37. The molecule has 2 heterocycles. The van der Waals surface area contributed by atoms with Gasteiger partial charge in [0.1, 0.15) is 5.76 Å². The Bertz CT molecular complexity index is 525. The minimum Gasteiger partial charge on any atom is -0.475 e. The molecule has 2 rings (SSSR count). The van der Waals surface area contributed by atoms with Gasteiger partial charge in [0.25, 0.3) is 0 Å². The molecule has 1 aromatic heterocycles. The number of rotatable bonds is 4. The molecule has 1 aromatic rings. The predicted octanol–water partition coefficient (Wildman–Crippen LogP) is 1.50. The van der Waals surface area contributed by atoms with Gasteiger partial charge in [0, 0.05) is 13.6 Å². The molecule has 0 aromatic carbocycles. The highest BCUT2D eigenvalue weighted by Crippen LogP contribution is 2.35. The van der Waals surface area contributed by atoms with E-state index in [1.807, 2.05) is 13.8 Å². The van der Waals surface area contributed by atoms with Crippen molar-refractivity contribution in [1.82, 2.24) is 10.2 Å². The summed E-state index contributed by atoms with van der Waals surface area (Å²) in [6.07, 6.45) is 0.781. The second-order valence-corrected chi connectivity index (χ2v) is 5.54. The average Bonchev–Trinajstić information content (AvgIpc) is 3.04. The maximum atomic E-state index is 11.9. The van der Waals surface area contributed by atoms with Crippen LogP contribution in [0.25, 0.3) is 0 Å². The van der Waals surface area contributed by atoms with Crippen LogP contribution in [0.1, 0.15) is 42.6 Å². The molecule has 2 unspecified atom stereocenters. The molecule has 110 valence electrons. The van der Waals surface area contributed by atoms with Crippen LogP contribution in [-0.2, 0) is 4.79 Å². The smallest absolute Gasteiger partial charge is 0.371 e. The van der Waals surface area contributed by atoms with Gasteiger partial charge in [-0.2, -0.15) is 0 Å². The Morgan fingerprint density at radius 2 is 2.20 bits per heavy atom. The highest BCUT2D eigenvalue weighted by Gasteiger charge is 2.41. The number of aromatic carboxylic acids is 1. The first-order valence-corrected chi connectivity index (χ1v) is 6.66. The van der Waals surface area contributed by atoms with Crippen LogP contribution >= 0.6 is 0 Å². The lowest BCUT2D eigenvalue weighted by molar-refractivity contribution is -0.129. The van der Waals surface area contributed by atoms with Crippen molar-refractivity contribution in [3.05, 3.63) is 23.7 Å². The van der Waals surface area contributed by atoms with Crippen LogP contribution < -0.4 is 5.32 Å². The van der Waals surface area contributed by atoms with Crippen molar-refractivity contribution >= 4 is 11.9 Å². The van der Waals surface area contributed by atoms with Crippen LogP contribution in [0.4, 0.5) is 0 Å². The molecular weight excluding hydrogens is 260 g/mol. The number of hydrogen-bond acceptors (Lipinski definition) is 4. The zero-order chi connectivity index (χ0) is 14.9. The fourth-order valence-electron chi connectivity index (χ4n) is 2.69. The van der Waals surface area contributed by atoms with E-state index in [-0.39, 0.29) is 17.7 Å². The van der Waals surface area contributed by atoms with Crippen LogP contribution in [0, 0.1) is 5.41 Å². The molecule has 1 fully saturated rings. The van der Waals surface area contributed by atoms with E-state index >= 15 is 0 Å². The normalized spacial score (nSPS) is 24.6. The fourth-order valence-corrected chi connectivity index (χ4v) is 2.69. The fraction of sp³-hybridized carbons (Fsp3) is 0.571. The highest BCUT2D eigenvalue weighted by atomic mass is 16.4. The Hall–Kier alpha value is -1.82. The Kier molecular flexibility index (Phi) is 3.85. The number of amides is 1. The van der Waals surface area contributed by atoms with Gasteiger partial charge in [-0.05, 0) is 38.9 Å². The number of carbonyl (C=O) groups excluding carboxylic acids is 1. The summed E-state index contributed by atoms with van der Waals surface area (Å²) in [5.41, 5.74) is -0.398. The average molecular weight is 280 g/mol. The van der Waals surface area contributed by atoms with Crippen LogP contribution in [0.2, 0.25) is 0 Å². The van der Waals surface area contributed by atoms with Crippen molar-refractivity contribution in [2.24, 2.45) is 5.41 Å². The molecule has 2 N–H and O–H groups in total. The number of likely N-dealkylation sites (tertiary alicyclic amines) is 1. The van der Waals surface area contributed by atoms with Gasteiger partial charge in [0.2, 0.25) is 11.7 Å². The van der Waals surface area contributed by atoms with Crippen LogP contribution in [-0.4, -0.2) is 42.0 Å². The third-order valence-corrected chi connectivity index (χ3v) is 4.08. The molecule has 0 radical (unpaired) electrons. The lowest BCUT2D eigenvalue weighted by Gasteiger charge is -2.26. The summed E-state index contributed by atoms with van der Waals surface area (Å²) in [5, 5.41) is 11.6. The summed E-state index contributed by atoms with van der Waals surface area (Å²) in [6.45, 7) is 5.33. The molecular formula is C14H20N2O4. The van der Waals surface area contributed by atoms with Gasteiger partial charge in [-0.3, -0.25) is 9.69 Å². The molecule has 1 amide bonds. The summed E-state index contributed by atoms with van der Waals surface area (Å²) < 4.78 is 5.33. The second-order valence-electron chi connectivity index (χ2n) is 5.54. The van der Waals surface area contributed by atoms with Gasteiger partial charge in [0.05, 0.1) is 11.5 Å². The topological polar surface area (TPSA) is 82.8 Å². The van der Waals surface area contributed by atoms with Crippen molar-refractivity contribution < 1.29 is 19.1 Å². The SMILES string of the molecule is CNC(=O)C1(C)CCN(C(C)c2ccc(C(=O)O)o2)C1. The van der Waals surface area contributed by atoms with Crippen molar-refractivity contribution in [2.45, 2.75) is 26.3 Å². The third kappa shape index (κ3) is 2.56. The van der Waals surface area contributed by atoms with Gasteiger partial charge >= 0.3 is 5.97 Å². The van der Waals surface area contributed by atoms with E-state index in [1.54, 1.807) is 13.1 Å². The summed E-state index contributed by atoms with van der Waals surface area (Å²) in [5.74, 6) is -0.471. The summed E-state index contributed by atoms with van der Waals surface area (Å²) >= 11 is 0. The molecule has 1 aliphatic rings. The zero-order valence-electron chi connectivity index (χ0n) is 12.0. The summed E-state index contributed by atoms with van der Waals surface area (Å²) in [6, 6.07) is 3.10. The second kappa shape index (κ2) is 5.28. The van der Waals surface area contributed by atoms with E-state index in [9.17, 15) is 9.59 Å². The lowest BCUT2D eigenvalue weighted by Crippen LogP contribution is -2.39. The van der Waals surface area contributed by atoms with Crippen molar-refractivity contribution in [3.63, 3.8) is 0 Å². The van der Waals surface area contributed by atoms with Crippen molar-refractivity contribution in [3.8, 4) is 0 Å². The number of nitrogens with one attached hydrogen (secondary N) is 1. The molecule has 20 heavy (non-hydrogen) atoms. The lowest BCUT2D eigenvalue weighted by atomic mass is 9.89. The largest absolute Gasteiger partial charge is 0.475 e. The quantitative estimate of drug-likeness (QED) is 0.873. The number of carbonyl (C=O) groups is 2. The molecule has 1 aliphatic heterocycles. The summed E-state index contributed by atoms with van der Waals surface area (Å²) in [7, 11) is 1.64. The van der Waals surface area contributed by atoms with Gasteiger partial charge in [-0.25, -0.2) is 4.79 Å². The monoisotopic (exact) mass is 280 g/mol. The number of nitrogens with zero attached hydrogens (tertiary/aromatic N) is 1. The number of furan rings is 1. The standard InChI is InChI=1S/C14H20N2O4/c1-9(10-4-5-11(20-10)12(17)18)16-7-6-14(2,8-16)13(19)15-3/h4-5,9H,6-8H2,1-3H3,(H,15,19)(H,17,18). The molecule has 0 bridgehead atoms. The maximum absolute atomic E-state index is 11.9. The Morgan fingerprint density at radius 3 is 2.75 bits per heavy atom. The third-order valence-electron chi connectivity index (χ3n) is 4.08. The van der Waals surface area contributed by atoms with Crippen molar-refractivity contribution in [1.29, 1.82) is 0 Å². The minimum atomic E-state index is -1.07. The van der Waals surface area contributed by atoms with E-state index < -0.39 is 11.4 Å². The van der Waals surface area contributed by atoms with E-state index in [4.69, 9.17) is 9.52 Å². The van der Waals surface area contributed by atoms with E-state index in [0.717, 1.165) is 13.0 Å². The first-order valence-electron chi connectivity index (χ1n) is 6.66.